The van der Waals surface area contributed by atoms with Crippen molar-refractivity contribution in [2.75, 3.05) is 4.72 Å². The quantitative estimate of drug-likeness (QED) is 0.861. The Morgan fingerprint density at radius 3 is 2.26 bits per heavy atom. The minimum Gasteiger partial charge on any atom is -0.274 e. The first kappa shape index (κ1) is 14.3. The van der Waals surface area contributed by atoms with Crippen LogP contribution in [0.4, 0.5) is 5.95 Å². The van der Waals surface area contributed by atoms with E-state index in [2.05, 4.69) is 19.8 Å². The fourth-order valence-electron chi connectivity index (χ4n) is 1.16. The summed E-state index contributed by atoms with van der Waals surface area (Å²) in [5.74, 6) is -0.275. The molecule has 0 aliphatic carbocycles. The van der Waals surface area contributed by atoms with Gasteiger partial charge in [-0.25, -0.2) is 13.1 Å². The number of hydrogen-bond acceptors (Lipinski definition) is 5. The zero-order valence-electron chi connectivity index (χ0n) is 9.30. The lowest BCUT2D eigenvalue weighted by molar-refractivity contribution is 0.600. The fourth-order valence-corrected chi connectivity index (χ4v) is 2.56. The number of sulfonamides is 1. The van der Waals surface area contributed by atoms with E-state index < -0.39 is 10.0 Å². The average molecular weight is 343 g/mol. The van der Waals surface area contributed by atoms with Gasteiger partial charge in [-0.3, -0.25) is 4.68 Å². The lowest BCUT2D eigenvalue weighted by Gasteiger charge is -2.06. The number of hydrogen-bond donors (Lipinski definition) is 1. The molecule has 2 aromatic rings. The van der Waals surface area contributed by atoms with Crippen LogP contribution in [-0.4, -0.2) is 28.2 Å². The standard InChI is InChI=1S/C8H6Cl3N5O2S/c1-16-3-4(2-12-16)19(17,18)15-8-13-6(10)5(9)7(11)14-8/h2-3H,1H3,(H,13,14,15). The molecule has 7 nitrogen and oxygen atoms in total. The molecule has 0 unspecified atom stereocenters. The third-order valence-electron chi connectivity index (χ3n) is 1.99. The topological polar surface area (TPSA) is 89.8 Å². The van der Waals surface area contributed by atoms with E-state index in [0.717, 1.165) is 0 Å². The van der Waals surface area contributed by atoms with Gasteiger partial charge in [0.05, 0.1) is 6.20 Å². The van der Waals surface area contributed by atoms with Gasteiger partial charge in [-0.15, -0.1) is 0 Å². The molecule has 0 fully saturated rings. The average Bonchev–Trinajstić information content (AvgIpc) is 2.73. The summed E-state index contributed by atoms with van der Waals surface area (Å²) in [6.45, 7) is 0. The van der Waals surface area contributed by atoms with E-state index in [4.69, 9.17) is 34.8 Å². The van der Waals surface area contributed by atoms with E-state index in [9.17, 15) is 8.42 Å². The summed E-state index contributed by atoms with van der Waals surface area (Å²) in [4.78, 5) is 7.30. The van der Waals surface area contributed by atoms with Gasteiger partial charge in [0.25, 0.3) is 10.0 Å². The molecule has 0 amide bonds. The molecule has 0 aliphatic heterocycles. The second kappa shape index (κ2) is 5.12. The van der Waals surface area contributed by atoms with E-state index in [0.29, 0.717) is 0 Å². The molecular weight excluding hydrogens is 337 g/mol. The van der Waals surface area contributed by atoms with Gasteiger partial charge in [0.1, 0.15) is 9.92 Å². The Balaban J connectivity index is 2.36. The summed E-state index contributed by atoms with van der Waals surface area (Å²) in [5.41, 5.74) is 0. The molecule has 102 valence electrons. The van der Waals surface area contributed by atoms with Gasteiger partial charge in [0.15, 0.2) is 10.3 Å². The second-order valence-corrected chi connectivity index (χ2v) is 6.17. The van der Waals surface area contributed by atoms with Crippen molar-refractivity contribution in [3.8, 4) is 0 Å². The minimum atomic E-state index is -3.86. The van der Waals surface area contributed by atoms with E-state index in [1.165, 1.54) is 17.1 Å². The monoisotopic (exact) mass is 341 g/mol. The van der Waals surface area contributed by atoms with Gasteiger partial charge in [0.2, 0.25) is 5.95 Å². The van der Waals surface area contributed by atoms with Crippen LogP contribution < -0.4 is 4.72 Å². The highest BCUT2D eigenvalue weighted by Gasteiger charge is 2.19. The Bertz CT molecular complexity index is 707. The first-order valence-electron chi connectivity index (χ1n) is 4.69. The van der Waals surface area contributed by atoms with Gasteiger partial charge in [-0.2, -0.15) is 15.1 Å². The number of anilines is 1. The van der Waals surface area contributed by atoms with Crippen LogP contribution >= 0.6 is 34.8 Å². The number of aromatic nitrogens is 4. The Morgan fingerprint density at radius 1 is 1.21 bits per heavy atom. The normalized spacial score (nSPS) is 11.6. The lowest BCUT2D eigenvalue weighted by Crippen LogP contribution is -2.14. The summed E-state index contributed by atoms with van der Waals surface area (Å²) < 4.78 is 27.4. The number of rotatable bonds is 3. The molecule has 11 heteroatoms. The SMILES string of the molecule is Cn1cc(S(=O)(=O)Nc2nc(Cl)c(Cl)c(Cl)n2)cn1. The Morgan fingerprint density at radius 2 is 1.79 bits per heavy atom. The van der Waals surface area contributed by atoms with Crippen molar-refractivity contribution >= 4 is 50.8 Å². The molecule has 2 aromatic heterocycles. The molecule has 0 saturated heterocycles. The highest BCUT2D eigenvalue weighted by atomic mass is 35.5. The molecule has 0 spiro atoms. The Labute approximate surface area is 123 Å². The molecule has 0 aliphatic rings. The lowest BCUT2D eigenvalue weighted by atomic mass is 10.6. The molecule has 0 aromatic carbocycles. The van der Waals surface area contributed by atoms with Crippen LogP contribution in [0.1, 0.15) is 0 Å². The maximum atomic E-state index is 12.0. The largest absolute Gasteiger partial charge is 0.274 e. The van der Waals surface area contributed by atoms with Crippen LogP contribution in [0.2, 0.25) is 15.3 Å². The van der Waals surface area contributed by atoms with Crippen molar-refractivity contribution in [1.82, 2.24) is 19.7 Å². The molecular formula is C8H6Cl3N5O2S. The predicted octanol–water partition coefficient (Wildman–Crippen LogP) is 1.97. The zero-order chi connectivity index (χ0) is 14.2. The van der Waals surface area contributed by atoms with Gasteiger partial charge >= 0.3 is 0 Å². The molecule has 0 bridgehead atoms. The Kier molecular flexibility index (Phi) is 3.86. The van der Waals surface area contributed by atoms with E-state index in [-0.39, 0.29) is 26.2 Å². The van der Waals surface area contributed by atoms with Crippen molar-refractivity contribution in [3.05, 3.63) is 27.7 Å². The number of halogens is 3. The highest BCUT2D eigenvalue weighted by Crippen LogP contribution is 2.28. The molecule has 2 rings (SSSR count). The molecule has 0 saturated carbocycles. The van der Waals surface area contributed by atoms with Crippen LogP contribution in [0.15, 0.2) is 17.3 Å². The molecule has 2 heterocycles. The van der Waals surface area contributed by atoms with E-state index >= 15 is 0 Å². The maximum absolute atomic E-state index is 12.0. The summed E-state index contributed by atoms with van der Waals surface area (Å²) in [6.07, 6.45) is 2.50. The highest BCUT2D eigenvalue weighted by molar-refractivity contribution is 7.92. The summed E-state index contributed by atoms with van der Waals surface area (Å²) in [7, 11) is -2.27. The van der Waals surface area contributed by atoms with Gasteiger partial charge in [-0.05, 0) is 0 Å². The van der Waals surface area contributed by atoms with Crippen molar-refractivity contribution in [1.29, 1.82) is 0 Å². The van der Waals surface area contributed by atoms with Gasteiger partial charge in [0, 0.05) is 13.2 Å². The summed E-state index contributed by atoms with van der Waals surface area (Å²) in [5, 5.41) is 3.41. The zero-order valence-corrected chi connectivity index (χ0v) is 12.4. The smallest absolute Gasteiger partial charge is 0.267 e. The number of nitrogens with one attached hydrogen (secondary N) is 1. The van der Waals surface area contributed by atoms with Crippen molar-refractivity contribution in [2.45, 2.75) is 4.90 Å². The van der Waals surface area contributed by atoms with Crippen LogP contribution in [0.5, 0.6) is 0 Å². The van der Waals surface area contributed by atoms with E-state index in [1.54, 1.807) is 7.05 Å². The van der Waals surface area contributed by atoms with Crippen LogP contribution in [0.3, 0.4) is 0 Å². The number of aryl methyl sites for hydroxylation is 1. The molecule has 0 atom stereocenters. The third kappa shape index (κ3) is 3.08. The first-order chi connectivity index (χ1) is 8.79. The molecule has 0 radical (unpaired) electrons. The number of nitrogens with zero attached hydrogens (tertiary/aromatic N) is 4. The summed E-state index contributed by atoms with van der Waals surface area (Å²) in [6, 6.07) is 0. The van der Waals surface area contributed by atoms with Crippen molar-refractivity contribution < 1.29 is 8.42 Å². The maximum Gasteiger partial charge on any atom is 0.267 e. The Hall–Kier alpha value is -1.09. The van der Waals surface area contributed by atoms with Gasteiger partial charge < -0.3 is 0 Å². The van der Waals surface area contributed by atoms with Crippen LogP contribution in [0, 0.1) is 0 Å². The molecule has 19 heavy (non-hydrogen) atoms. The molecule has 1 N–H and O–H groups in total. The van der Waals surface area contributed by atoms with Crippen molar-refractivity contribution in [2.24, 2.45) is 7.05 Å². The third-order valence-corrected chi connectivity index (χ3v) is 4.37. The first-order valence-corrected chi connectivity index (χ1v) is 7.31. The van der Waals surface area contributed by atoms with Gasteiger partial charge in [-0.1, -0.05) is 34.8 Å². The van der Waals surface area contributed by atoms with Crippen molar-refractivity contribution in [3.63, 3.8) is 0 Å². The van der Waals surface area contributed by atoms with Crippen LogP contribution in [-0.2, 0) is 17.1 Å². The fraction of sp³-hybridized carbons (Fsp3) is 0.125. The summed E-state index contributed by atoms with van der Waals surface area (Å²) >= 11 is 17.0. The van der Waals surface area contributed by atoms with E-state index in [1.807, 2.05) is 0 Å². The minimum absolute atomic E-state index is 0.0409. The second-order valence-electron chi connectivity index (χ2n) is 3.40. The van der Waals surface area contributed by atoms with Crippen LogP contribution in [0.25, 0.3) is 0 Å². The predicted molar refractivity (Wildman–Crippen MR) is 71.1 cm³/mol.